The molecule has 0 heterocycles. The summed E-state index contributed by atoms with van der Waals surface area (Å²) < 4.78 is 10.2. The summed E-state index contributed by atoms with van der Waals surface area (Å²) in [5.74, 6) is 0.340. The van der Waals surface area contributed by atoms with Gasteiger partial charge in [-0.15, -0.1) is 0 Å². The van der Waals surface area contributed by atoms with Crippen molar-refractivity contribution in [2.75, 3.05) is 13.7 Å². The Morgan fingerprint density at radius 2 is 1.70 bits per heavy atom. The highest BCUT2D eigenvalue weighted by molar-refractivity contribution is 6.33. The second kappa shape index (κ2) is 8.19. The molecule has 0 aliphatic rings. The van der Waals surface area contributed by atoms with Crippen LogP contribution in [0.15, 0.2) is 48.5 Å². The first-order valence-corrected chi connectivity index (χ1v) is 7.35. The van der Waals surface area contributed by atoms with Gasteiger partial charge in [-0.05, 0) is 36.4 Å². The lowest BCUT2D eigenvalue weighted by atomic mass is 10.2. The molecule has 5 nitrogen and oxygen atoms in total. The summed E-state index contributed by atoms with van der Waals surface area (Å²) in [4.78, 5) is 23.6. The molecule has 6 heteroatoms. The molecule has 0 atom stereocenters. The van der Waals surface area contributed by atoms with Gasteiger partial charge in [0.2, 0.25) is 0 Å². The highest BCUT2D eigenvalue weighted by atomic mass is 35.5. The van der Waals surface area contributed by atoms with E-state index in [0.29, 0.717) is 22.1 Å². The monoisotopic (exact) mass is 333 g/mol. The number of halogens is 1. The van der Waals surface area contributed by atoms with E-state index in [4.69, 9.17) is 21.1 Å². The summed E-state index contributed by atoms with van der Waals surface area (Å²) in [6.07, 6.45) is 0.0578. The third-order valence-electron chi connectivity index (χ3n) is 3.02. The second-order valence-electron chi connectivity index (χ2n) is 4.64. The van der Waals surface area contributed by atoms with E-state index in [-0.39, 0.29) is 18.9 Å². The van der Waals surface area contributed by atoms with Gasteiger partial charge in [0.15, 0.2) is 0 Å². The van der Waals surface area contributed by atoms with Gasteiger partial charge < -0.3 is 14.8 Å². The molecule has 0 bridgehead atoms. The van der Waals surface area contributed by atoms with Crippen LogP contribution in [0.3, 0.4) is 0 Å². The van der Waals surface area contributed by atoms with Gasteiger partial charge in [0.05, 0.1) is 24.1 Å². The van der Waals surface area contributed by atoms with Crippen LogP contribution in [-0.2, 0) is 4.79 Å². The average molecular weight is 334 g/mol. The molecule has 0 spiro atoms. The maximum atomic E-state index is 11.9. The van der Waals surface area contributed by atoms with Crippen molar-refractivity contribution >= 4 is 23.5 Å². The van der Waals surface area contributed by atoms with Crippen LogP contribution in [0.2, 0.25) is 5.02 Å². The van der Waals surface area contributed by atoms with Crippen LogP contribution in [0.25, 0.3) is 0 Å². The van der Waals surface area contributed by atoms with Crippen LogP contribution in [-0.4, -0.2) is 25.5 Å². The lowest BCUT2D eigenvalue weighted by Crippen LogP contribution is -2.27. The van der Waals surface area contributed by atoms with E-state index in [2.05, 4.69) is 5.32 Å². The Bertz CT molecular complexity index is 685. The number of benzene rings is 2. The molecule has 0 aromatic heterocycles. The molecule has 23 heavy (non-hydrogen) atoms. The zero-order chi connectivity index (χ0) is 16.7. The molecule has 1 amide bonds. The standard InChI is InChI=1S/C17H16ClNO4/c1-22-12-6-8-13(9-7-12)23-16(20)10-11-19-17(21)14-4-2-3-5-15(14)18/h2-9H,10-11H2,1H3,(H,19,21). The first-order chi connectivity index (χ1) is 11.1. The minimum atomic E-state index is -0.436. The molecule has 0 radical (unpaired) electrons. The first kappa shape index (κ1) is 16.8. The predicted octanol–water partition coefficient (Wildman–Crippen LogP) is 3.07. The molecule has 2 rings (SSSR count). The van der Waals surface area contributed by atoms with Gasteiger partial charge in [-0.25, -0.2) is 0 Å². The molecule has 1 N–H and O–H groups in total. The fourth-order valence-corrected chi connectivity index (χ4v) is 2.07. The summed E-state index contributed by atoms with van der Waals surface area (Å²) in [5.41, 5.74) is 0.373. The molecule has 0 fully saturated rings. The van der Waals surface area contributed by atoms with Crippen LogP contribution in [0, 0.1) is 0 Å². The Hall–Kier alpha value is -2.53. The number of carbonyl (C=O) groups excluding carboxylic acids is 2. The molecule has 0 unspecified atom stereocenters. The third-order valence-corrected chi connectivity index (χ3v) is 3.35. The normalized spacial score (nSPS) is 10.0. The molecule has 2 aromatic carbocycles. The van der Waals surface area contributed by atoms with Crippen molar-refractivity contribution < 1.29 is 19.1 Å². The molecule has 0 saturated carbocycles. The first-order valence-electron chi connectivity index (χ1n) is 6.97. The SMILES string of the molecule is COc1ccc(OC(=O)CCNC(=O)c2ccccc2Cl)cc1. The van der Waals surface area contributed by atoms with Gasteiger partial charge in [0, 0.05) is 6.54 Å². The van der Waals surface area contributed by atoms with Crippen molar-refractivity contribution in [1.29, 1.82) is 0 Å². The predicted molar refractivity (Wildman–Crippen MR) is 87.0 cm³/mol. The van der Waals surface area contributed by atoms with Crippen molar-refractivity contribution in [3.05, 3.63) is 59.1 Å². The molecule has 120 valence electrons. The zero-order valence-electron chi connectivity index (χ0n) is 12.5. The second-order valence-corrected chi connectivity index (χ2v) is 5.04. The Morgan fingerprint density at radius 3 is 2.35 bits per heavy atom. The number of hydrogen-bond acceptors (Lipinski definition) is 4. The molecule has 0 aliphatic carbocycles. The summed E-state index contributed by atoms with van der Waals surface area (Å²) in [6, 6.07) is 13.4. The van der Waals surface area contributed by atoms with Crippen LogP contribution in [0.1, 0.15) is 16.8 Å². The van der Waals surface area contributed by atoms with Crippen molar-refractivity contribution in [3.63, 3.8) is 0 Å². The fourth-order valence-electron chi connectivity index (χ4n) is 1.84. The molecule has 0 aliphatic heterocycles. The summed E-state index contributed by atoms with van der Waals surface area (Å²) in [7, 11) is 1.56. The largest absolute Gasteiger partial charge is 0.497 e. The van der Waals surface area contributed by atoms with Crippen LogP contribution in [0.4, 0.5) is 0 Å². The molecule has 0 saturated heterocycles. The van der Waals surface area contributed by atoms with E-state index in [0.717, 1.165) is 0 Å². The maximum absolute atomic E-state index is 11.9. The van der Waals surface area contributed by atoms with Gasteiger partial charge in [0.1, 0.15) is 11.5 Å². The van der Waals surface area contributed by atoms with E-state index in [1.807, 2.05) is 0 Å². The number of esters is 1. The third kappa shape index (κ3) is 5.00. The number of rotatable bonds is 6. The quantitative estimate of drug-likeness (QED) is 0.651. The number of ether oxygens (including phenoxy) is 2. The Kier molecular flexibility index (Phi) is 6.00. The van der Waals surface area contributed by atoms with Gasteiger partial charge in [-0.1, -0.05) is 23.7 Å². The Morgan fingerprint density at radius 1 is 1.04 bits per heavy atom. The van der Waals surface area contributed by atoms with Gasteiger partial charge in [-0.3, -0.25) is 9.59 Å². The van der Waals surface area contributed by atoms with E-state index in [1.165, 1.54) is 0 Å². The number of methoxy groups -OCH3 is 1. The highest BCUT2D eigenvalue weighted by Crippen LogP contribution is 2.17. The van der Waals surface area contributed by atoms with E-state index in [9.17, 15) is 9.59 Å². The van der Waals surface area contributed by atoms with Crippen LogP contribution in [0.5, 0.6) is 11.5 Å². The molecule has 2 aromatic rings. The number of amides is 1. The lowest BCUT2D eigenvalue weighted by molar-refractivity contribution is -0.134. The average Bonchev–Trinajstić information content (AvgIpc) is 2.56. The molecular weight excluding hydrogens is 318 g/mol. The number of hydrogen-bond donors (Lipinski definition) is 1. The van der Waals surface area contributed by atoms with Crippen molar-refractivity contribution in [1.82, 2.24) is 5.32 Å². The summed E-state index contributed by atoms with van der Waals surface area (Å²) in [5, 5.41) is 3.00. The number of carbonyl (C=O) groups is 2. The molecular formula is C17H16ClNO4. The van der Waals surface area contributed by atoms with E-state index < -0.39 is 5.97 Å². The van der Waals surface area contributed by atoms with Gasteiger partial charge >= 0.3 is 5.97 Å². The Balaban J connectivity index is 1.78. The van der Waals surface area contributed by atoms with Crippen LogP contribution >= 0.6 is 11.6 Å². The highest BCUT2D eigenvalue weighted by Gasteiger charge is 2.10. The van der Waals surface area contributed by atoms with Crippen LogP contribution < -0.4 is 14.8 Å². The number of nitrogens with one attached hydrogen (secondary N) is 1. The van der Waals surface area contributed by atoms with Crippen molar-refractivity contribution in [3.8, 4) is 11.5 Å². The zero-order valence-corrected chi connectivity index (χ0v) is 13.3. The topological polar surface area (TPSA) is 64.6 Å². The fraction of sp³-hybridized carbons (Fsp3) is 0.176. The van der Waals surface area contributed by atoms with Crippen molar-refractivity contribution in [2.24, 2.45) is 0 Å². The van der Waals surface area contributed by atoms with Gasteiger partial charge in [-0.2, -0.15) is 0 Å². The van der Waals surface area contributed by atoms with E-state index in [1.54, 1.807) is 55.6 Å². The summed E-state index contributed by atoms with van der Waals surface area (Å²) in [6.45, 7) is 0.166. The maximum Gasteiger partial charge on any atom is 0.312 e. The van der Waals surface area contributed by atoms with Crippen molar-refractivity contribution in [2.45, 2.75) is 6.42 Å². The summed E-state index contributed by atoms with van der Waals surface area (Å²) >= 11 is 5.93. The smallest absolute Gasteiger partial charge is 0.312 e. The minimum Gasteiger partial charge on any atom is -0.497 e. The lowest BCUT2D eigenvalue weighted by Gasteiger charge is -2.07. The minimum absolute atomic E-state index is 0.0578. The van der Waals surface area contributed by atoms with E-state index >= 15 is 0 Å². The van der Waals surface area contributed by atoms with Gasteiger partial charge in [0.25, 0.3) is 5.91 Å². The Labute approximate surface area is 139 Å².